The Balaban J connectivity index is 1.90. The lowest BCUT2D eigenvalue weighted by Crippen LogP contribution is -2.29. The normalized spacial score (nSPS) is 16.8. The molecule has 0 aromatic rings. The highest BCUT2D eigenvalue weighted by Gasteiger charge is 2.26. The van der Waals surface area contributed by atoms with Crippen LogP contribution in [0.3, 0.4) is 0 Å². The molecule has 1 fully saturated rings. The first-order valence-electron chi connectivity index (χ1n) is 5.83. The fourth-order valence-electron chi connectivity index (χ4n) is 1.75. The highest BCUT2D eigenvalue weighted by Crippen LogP contribution is 2.26. The number of nitrogens with one attached hydrogen (secondary N) is 1. The standard InChI is InChI=1S/C11H24N2/c1-3-8-12-9-5-10-13(4-2)11-6-7-11/h11-12H,3-10H2,1-2H3. The largest absolute Gasteiger partial charge is 0.317 e. The van der Waals surface area contributed by atoms with Crippen molar-refractivity contribution in [2.45, 2.75) is 45.6 Å². The molecule has 2 nitrogen and oxygen atoms in total. The molecule has 0 saturated heterocycles. The Morgan fingerprint density at radius 3 is 2.54 bits per heavy atom. The predicted molar refractivity (Wildman–Crippen MR) is 58.0 cm³/mol. The van der Waals surface area contributed by atoms with Crippen LogP contribution >= 0.6 is 0 Å². The molecule has 0 spiro atoms. The lowest BCUT2D eigenvalue weighted by Gasteiger charge is -2.19. The van der Waals surface area contributed by atoms with Crippen LogP contribution in [0, 0.1) is 0 Å². The molecule has 0 unspecified atom stereocenters. The molecule has 0 aliphatic heterocycles. The van der Waals surface area contributed by atoms with Gasteiger partial charge < -0.3 is 10.2 Å². The van der Waals surface area contributed by atoms with Gasteiger partial charge in [0, 0.05) is 6.04 Å². The summed E-state index contributed by atoms with van der Waals surface area (Å²) in [6.45, 7) is 9.39. The minimum Gasteiger partial charge on any atom is -0.317 e. The van der Waals surface area contributed by atoms with Gasteiger partial charge in [0.1, 0.15) is 0 Å². The molecule has 0 radical (unpaired) electrons. The van der Waals surface area contributed by atoms with Crippen molar-refractivity contribution in [3.63, 3.8) is 0 Å². The Kier molecular flexibility index (Phi) is 5.40. The van der Waals surface area contributed by atoms with E-state index < -0.39 is 0 Å². The smallest absolute Gasteiger partial charge is 0.00963 e. The fraction of sp³-hybridized carbons (Fsp3) is 1.00. The molecule has 0 aromatic carbocycles. The average molecular weight is 184 g/mol. The van der Waals surface area contributed by atoms with Gasteiger partial charge in [0.15, 0.2) is 0 Å². The highest BCUT2D eigenvalue weighted by molar-refractivity contribution is 4.83. The van der Waals surface area contributed by atoms with Gasteiger partial charge in [-0.2, -0.15) is 0 Å². The number of hydrogen-bond acceptors (Lipinski definition) is 2. The fourth-order valence-corrected chi connectivity index (χ4v) is 1.75. The minimum atomic E-state index is 0.941. The third-order valence-corrected chi connectivity index (χ3v) is 2.70. The van der Waals surface area contributed by atoms with Crippen molar-refractivity contribution in [3.8, 4) is 0 Å². The molecule has 1 rings (SSSR count). The lowest BCUT2D eigenvalue weighted by molar-refractivity contribution is 0.273. The predicted octanol–water partition coefficient (Wildman–Crippen LogP) is 1.86. The zero-order chi connectivity index (χ0) is 9.52. The third kappa shape index (κ3) is 4.63. The zero-order valence-corrected chi connectivity index (χ0v) is 9.18. The van der Waals surface area contributed by atoms with E-state index in [0.29, 0.717) is 0 Å². The van der Waals surface area contributed by atoms with Crippen molar-refractivity contribution in [2.24, 2.45) is 0 Å². The van der Waals surface area contributed by atoms with Crippen molar-refractivity contribution in [1.29, 1.82) is 0 Å². The third-order valence-electron chi connectivity index (χ3n) is 2.70. The molecule has 78 valence electrons. The van der Waals surface area contributed by atoms with E-state index in [9.17, 15) is 0 Å². The molecule has 1 N–H and O–H groups in total. The summed E-state index contributed by atoms with van der Waals surface area (Å²) in [4.78, 5) is 2.62. The van der Waals surface area contributed by atoms with Gasteiger partial charge in [-0.1, -0.05) is 13.8 Å². The van der Waals surface area contributed by atoms with Gasteiger partial charge in [-0.15, -0.1) is 0 Å². The average Bonchev–Trinajstić information content (AvgIpc) is 2.95. The lowest BCUT2D eigenvalue weighted by atomic mass is 10.3. The summed E-state index contributed by atoms with van der Waals surface area (Å²) in [5.74, 6) is 0. The van der Waals surface area contributed by atoms with E-state index >= 15 is 0 Å². The van der Waals surface area contributed by atoms with Crippen LogP contribution in [0.1, 0.15) is 39.5 Å². The van der Waals surface area contributed by atoms with Crippen LogP contribution in [-0.2, 0) is 0 Å². The van der Waals surface area contributed by atoms with Crippen LogP contribution in [-0.4, -0.2) is 37.1 Å². The quantitative estimate of drug-likeness (QED) is 0.579. The molecule has 1 aliphatic rings. The van der Waals surface area contributed by atoms with E-state index in [0.717, 1.165) is 6.04 Å². The molecule has 0 bridgehead atoms. The van der Waals surface area contributed by atoms with Gasteiger partial charge in [-0.25, -0.2) is 0 Å². The molecule has 13 heavy (non-hydrogen) atoms. The van der Waals surface area contributed by atoms with E-state index in [-0.39, 0.29) is 0 Å². The maximum absolute atomic E-state index is 3.45. The van der Waals surface area contributed by atoms with Gasteiger partial charge in [-0.05, 0) is 51.9 Å². The van der Waals surface area contributed by atoms with Gasteiger partial charge in [0.2, 0.25) is 0 Å². The second kappa shape index (κ2) is 6.39. The van der Waals surface area contributed by atoms with Crippen molar-refractivity contribution >= 4 is 0 Å². The maximum atomic E-state index is 3.45. The molecular formula is C11H24N2. The SMILES string of the molecule is CCCNCCCN(CC)C1CC1. The number of nitrogens with zero attached hydrogens (tertiary/aromatic N) is 1. The number of hydrogen-bond donors (Lipinski definition) is 1. The molecule has 1 aliphatic carbocycles. The number of rotatable bonds is 8. The highest BCUT2D eigenvalue weighted by atomic mass is 15.2. The van der Waals surface area contributed by atoms with Crippen LogP contribution in [0.4, 0.5) is 0 Å². The van der Waals surface area contributed by atoms with Crippen LogP contribution in [0.5, 0.6) is 0 Å². The van der Waals surface area contributed by atoms with Gasteiger partial charge >= 0.3 is 0 Å². The summed E-state index contributed by atoms with van der Waals surface area (Å²) in [6.07, 6.45) is 5.44. The zero-order valence-electron chi connectivity index (χ0n) is 9.18. The van der Waals surface area contributed by atoms with Crippen LogP contribution in [0.25, 0.3) is 0 Å². The van der Waals surface area contributed by atoms with Gasteiger partial charge in [-0.3, -0.25) is 0 Å². The van der Waals surface area contributed by atoms with Crippen LogP contribution < -0.4 is 5.32 Å². The first-order chi connectivity index (χ1) is 6.38. The van der Waals surface area contributed by atoms with Crippen molar-refractivity contribution in [3.05, 3.63) is 0 Å². The van der Waals surface area contributed by atoms with E-state index in [1.165, 1.54) is 51.9 Å². The van der Waals surface area contributed by atoms with E-state index in [1.807, 2.05) is 0 Å². The van der Waals surface area contributed by atoms with E-state index in [1.54, 1.807) is 0 Å². The maximum Gasteiger partial charge on any atom is 0.00963 e. The molecule has 0 amide bonds. The summed E-state index contributed by atoms with van der Waals surface area (Å²) in [5, 5.41) is 3.45. The molecule has 2 heteroatoms. The van der Waals surface area contributed by atoms with Crippen molar-refractivity contribution in [2.75, 3.05) is 26.2 Å². The molecule has 0 aromatic heterocycles. The Morgan fingerprint density at radius 2 is 2.00 bits per heavy atom. The molecular weight excluding hydrogens is 160 g/mol. The molecule has 0 atom stereocenters. The van der Waals surface area contributed by atoms with Crippen molar-refractivity contribution in [1.82, 2.24) is 10.2 Å². The summed E-state index contributed by atoms with van der Waals surface area (Å²) in [7, 11) is 0. The summed E-state index contributed by atoms with van der Waals surface area (Å²) >= 11 is 0. The Bertz CT molecular complexity index is 121. The second-order valence-corrected chi connectivity index (χ2v) is 3.96. The van der Waals surface area contributed by atoms with E-state index in [2.05, 4.69) is 24.1 Å². The first-order valence-corrected chi connectivity index (χ1v) is 5.83. The summed E-state index contributed by atoms with van der Waals surface area (Å²) in [5.41, 5.74) is 0. The topological polar surface area (TPSA) is 15.3 Å². The molecule has 1 saturated carbocycles. The summed E-state index contributed by atoms with van der Waals surface area (Å²) in [6, 6.07) is 0.941. The Labute approximate surface area is 82.7 Å². The van der Waals surface area contributed by atoms with E-state index in [4.69, 9.17) is 0 Å². The van der Waals surface area contributed by atoms with Crippen LogP contribution in [0.15, 0.2) is 0 Å². The van der Waals surface area contributed by atoms with Gasteiger partial charge in [0.25, 0.3) is 0 Å². The first kappa shape index (κ1) is 11.0. The summed E-state index contributed by atoms with van der Waals surface area (Å²) < 4.78 is 0. The van der Waals surface area contributed by atoms with Crippen LogP contribution in [0.2, 0.25) is 0 Å². The van der Waals surface area contributed by atoms with Crippen molar-refractivity contribution < 1.29 is 0 Å². The Morgan fingerprint density at radius 1 is 1.23 bits per heavy atom. The second-order valence-electron chi connectivity index (χ2n) is 3.96. The minimum absolute atomic E-state index is 0.941. The monoisotopic (exact) mass is 184 g/mol. The Hall–Kier alpha value is -0.0800. The molecule has 0 heterocycles. The van der Waals surface area contributed by atoms with Gasteiger partial charge in [0.05, 0.1) is 0 Å².